The largest absolute Gasteiger partial charge is 0.276 e. The molecule has 0 amide bonds. The topological polar surface area (TPSA) is 17.8 Å². The van der Waals surface area contributed by atoms with Gasteiger partial charge in [0.2, 0.25) is 0 Å². The highest BCUT2D eigenvalue weighted by Crippen LogP contribution is 2.34. The van der Waals surface area contributed by atoms with Crippen LogP contribution < -0.4 is 0 Å². The van der Waals surface area contributed by atoms with Crippen LogP contribution >= 0.6 is 11.6 Å². The molecule has 1 saturated carbocycles. The Kier molecular flexibility index (Phi) is 3.35. The highest BCUT2D eigenvalue weighted by atomic mass is 35.5. The second-order valence-electron chi connectivity index (χ2n) is 4.83. The van der Waals surface area contributed by atoms with Gasteiger partial charge in [-0.05, 0) is 43.6 Å². The molecule has 0 spiro atoms. The Morgan fingerprint density at radius 1 is 1.53 bits per heavy atom. The molecule has 0 N–H and O–H groups in total. The summed E-state index contributed by atoms with van der Waals surface area (Å²) in [5.41, 5.74) is 1.21. The Labute approximate surface area is 96.6 Å². The normalized spacial score (nSPS) is 31.8. The lowest BCUT2D eigenvalue weighted by atomic mass is 9.78. The predicted octanol–water partition coefficient (Wildman–Crippen LogP) is 3.01. The molecule has 0 aromatic carbocycles. The van der Waals surface area contributed by atoms with Crippen molar-refractivity contribution in [1.29, 1.82) is 0 Å². The number of hydrogen-bond acceptors (Lipinski definition) is 1. The van der Waals surface area contributed by atoms with Gasteiger partial charge < -0.3 is 0 Å². The third kappa shape index (κ3) is 2.75. The zero-order chi connectivity index (χ0) is 10.8. The maximum absolute atomic E-state index is 6.22. The predicted molar refractivity (Wildman–Crippen MR) is 63.1 cm³/mol. The summed E-state index contributed by atoms with van der Waals surface area (Å²) < 4.78 is 1.88. The second-order valence-corrected chi connectivity index (χ2v) is 5.45. The minimum atomic E-state index is 0.384. The van der Waals surface area contributed by atoms with Crippen molar-refractivity contribution in [3.63, 3.8) is 0 Å². The molecule has 1 aliphatic rings. The first-order valence-electron chi connectivity index (χ1n) is 5.77. The van der Waals surface area contributed by atoms with Crippen LogP contribution in [0.3, 0.4) is 0 Å². The number of aromatic nitrogens is 2. The Bertz CT molecular complexity index is 321. The Morgan fingerprint density at radius 3 is 3.00 bits per heavy atom. The van der Waals surface area contributed by atoms with Crippen LogP contribution in [0.1, 0.15) is 31.9 Å². The first-order valence-corrected chi connectivity index (χ1v) is 6.21. The molecule has 2 rings (SSSR count). The number of hydrogen-bond donors (Lipinski definition) is 0. The first kappa shape index (κ1) is 11.0. The molecule has 1 fully saturated rings. The van der Waals surface area contributed by atoms with E-state index < -0.39 is 0 Å². The first-order chi connectivity index (χ1) is 7.15. The van der Waals surface area contributed by atoms with Crippen molar-refractivity contribution in [1.82, 2.24) is 9.78 Å². The van der Waals surface area contributed by atoms with Crippen molar-refractivity contribution in [2.45, 2.75) is 38.0 Å². The summed E-state index contributed by atoms with van der Waals surface area (Å²) in [6.07, 6.45) is 6.71. The van der Waals surface area contributed by atoms with Crippen LogP contribution in [0, 0.1) is 11.8 Å². The van der Waals surface area contributed by atoms with Gasteiger partial charge in [0.05, 0.1) is 5.69 Å². The average Bonchev–Trinajstić information content (AvgIpc) is 2.58. The fourth-order valence-corrected chi connectivity index (χ4v) is 2.84. The molecule has 15 heavy (non-hydrogen) atoms. The van der Waals surface area contributed by atoms with Crippen LogP contribution in [-0.2, 0) is 13.5 Å². The minimum absolute atomic E-state index is 0.384. The summed E-state index contributed by atoms with van der Waals surface area (Å²) in [6, 6.07) is 2.12. The molecule has 0 aliphatic heterocycles. The van der Waals surface area contributed by atoms with Crippen LogP contribution in [0.4, 0.5) is 0 Å². The molecule has 3 unspecified atom stereocenters. The van der Waals surface area contributed by atoms with Crippen LogP contribution in [0.25, 0.3) is 0 Å². The van der Waals surface area contributed by atoms with Crippen LogP contribution in [0.15, 0.2) is 12.3 Å². The zero-order valence-corrected chi connectivity index (χ0v) is 10.2. The standard InChI is InChI=1S/C12H19ClN2/c1-9-3-4-11(13)7-10(9)8-12-5-6-15(2)14-12/h5-6,9-11H,3-4,7-8H2,1-2H3. The van der Waals surface area contributed by atoms with Crippen molar-refractivity contribution >= 4 is 11.6 Å². The van der Waals surface area contributed by atoms with E-state index in [4.69, 9.17) is 11.6 Å². The fourth-order valence-electron chi connectivity index (χ4n) is 2.48. The molecule has 1 aromatic heterocycles. The van der Waals surface area contributed by atoms with Gasteiger partial charge >= 0.3 is 0 Å². The summed E-state index contributed by atoms with van der Waals surface area (Å²) in [7, 11) is 1.97. The van der Waals surface area contributed by atoms with Crippen molar-refractivity contribution in [3.05, 3.63) is 18.0 Å². The highest BCUT2D eigenvalue weighted by molar-refractivity contribution is 6.20. The van der Waals surface area contributed by atoms with E-state index in [0.29, 0.717) is 5.38 Å². The van der Waals surface area contributed by atoms with E-state index in [1.165, 1.54) is 18.5 Å². The maximum Gasteiger partial charge on any atom is 0.0627 e. The number of aryl methyl sites for hydroxylation is 1. The molecule has 3 heteroatoms. The molecular formula is C12H19ClN2. The number of nitrogens with zero attached hydrogens (tertiary/aromatic N) is 2. The van der Waals surface area contributed by atoms with Crippen LogP contribution in [0.2, 0.25) is 0 Å². The highest BCUT2D eigenvalue weighted by Gasteiger charge is 2.27. The second kappa shape index (κ2) is 4.56. The van der Waals surface area contributed by atoms with E-state index >= 15 is 0 Å². The maximum atomic E-state index is 6.22. The lowest BCUT2D eigenvalue weighted by Crippen LogP contribution is -2.25. The van der Waals surface area contributed by atoms with E-state index in [9.17, 15) is 0 Å². The van der Waals surface area contributed by atoms with Gasteiger partial charge in [0.25, 0.3) is 0 Å². The van der Waals surface area contributed by atoms with Gasteiger partial charge in [0, 0.05) is 18.6 Å². The van der Waals surface area contributed by atoms with E-state index in [1.807, 2.05) is 17.9 Å². The summed E-state index contributed by atoms with van der Waals surface area (Å²) in [6.45, 7) is 2.34. The Morgan fingerprint density at radius 2 is 2.33 bits per heavy atom. The van der Waals surface area contributed by atoms with E-state index in [2.05, 4.69) is 18.1 Å². The van der Waals surface area contributed by atoms with Crippen molar-refractivity contribution in [3.8, 4) is 0 Å². The van der Waals surface area contributed by atoms with Crippen molar-refractivity contribution < 1.29 is 0 Å². The molecule has 0 radical (unpaired) electrons. The number of halogens is 1. The summed E-state index contributed by atoms with van der Waals surface area (Å²) in [4.78, 5) is 0. The van der Waals surface area contributed by atoms with Crippen LogP contribution in [-0.4, -0.2) is 15.2 Å². The zero-order valence-electron chi connectivity index (χ0n) is 9.49. The van der Waals surface area contributed by atoms with Gasteiger partial charge in [-0.15, -0.1) is 11.6 Å². The Balaban J connectivity index is 1.98. The summed E-state index contributed by atoms with van der Waals surface area (Å²) in [5.74, 6) is 1.51. The Hall–Kier alpha value is -0.500. The van der Waals surface area contributed by atoms with E-state index in [1.54, 1.807) is 0 Å². The molecule has 0 bridgehead atoms. The summed E-state index contributed by atoms with van der Waals surface area (Å²) >= 11 is 6.22. The fraction of sp³-hybridized carbons (Fsp3) is 0.750. The third-order valence-electron chi connectivity index (χ3n) is 3.54. The lowest BCUT2D eigenvalue weighted by Gasteiger charge is -2.31. The third-order valence-corrected chi connectivity index (χ3v) is 3.94. The molecule has 1 aromatic rings. The van der Waals surface area contributed by atoms with E-state index in [-0.39, 0.29) is 0 Å². The molecule has 3 atom stereocenters. The average molecular weight is 227 g/mol. The quantitative estimate of drug-likeness (QED) is 0.709. The molecular weight excluding hydrogens is 208 g/mol. The lowest BCUT2D eigenvalue weighted by molar-refractivity contribution is 0.256. The smallest absolute Gasteiger partial charge is 0.0627 e. The van der Waals surface area contributed by atoms with Gasteiger partial charge in [-0.3, -0.25) is 4.68 Å². The number of alkyl halides is 1. The number of rotatable bonds is 2. The van der Waals surface area contributed by atoms with Gasteiger partial charge in [0.15, 0.2) is 0 Å². The van der Waals surface area contributed by atoms with Crippen molar-refractivity contribution in [2.24, 2.45) is 18.9 Å². The molecule has 2 nitrogen and oxygen atoms in total. The van der Waals surface area contributed by atoms with Gasteiger partial charge in [-0.2, -0.15) is 5.10 Å². The monoisotopic (exact) mass is 226 g/mol. The van der Waals surface area contributed by atoms with E-state index in [0.717, 1.165) is 24.7 Å². The van der Waals surface area contributed by atoms with Crippen LogP contribution in [0.5, 0.6) is 0 Å². The van der Waals surface area contributed by atoms with Gasteiger partial charge in [0.1, 0.15) is 0 Å². The molecule has 84 valence electrons. The van der Waals surface area contributed by atoms with Gasteiger partial charge in [-0.25, -0.2) is 0 Å². The summed E-state index contributed by atoms with van der Waals surface area (Å²) in [5, 5.41) is 4.82. The molecule has 1 aliphatic carbocycles. The molecule has 1 heterocycles. The minimum Gasteiger partial charge on any atom is -0.276 e. The SMILES string of the molecule is CC1CCC(Cl)CC1Cc1ccn(C)n1. The molecule has 0 saturated heterocycles. The van der Waals surface area contributed by atoms with Gasteiger partial charge in [-0.1, -0.05) is 6.92 Å². The van der Waals surface area contributed by atoms with Crippen molar-refractivity contribution in [2.75, 3.05) is 0 Å².